The van der Waals surface area contributed by atoms with Crippen LogP contribution in [0, 0.1) is 30.1 Å². The molecule has 3 aliphatic carbocycles. The summed E-state index contributed by atoms with van der Waals surface area (Å²) < 4.78 is 0. The van der Waals surface area contributed by atoms with Crippen molar-refractivity contribution in [1.29, 1.82) is 0 Å². The molecule has 0 unspecified atom stereocenters. The molecule has 3 saturated carbocycles. The Hall–Kier alpha value is 0.799. The monoisotopic (exact) mass is 423 g/mol. The second-order valence-corrected chi connectivity index (χ2v) is 8.72. The first kappa shape index (κ1) is 20.1. The van der Waals surface area contributed by atoms with Crippen molar-refractivity contribution in [3.8, 4) is 0 Å². The third-order valence-electron chi connectivity index (χ3n) is 7.71. The molecule has 3 fully saturated rings. The van der Waals surface area contributed by atoms with E-state index >= 15 is 0 Å². The second-order valence-electron chi connectivity index (χ2n) is 8.72. The minimum absolute atomic E-state index is 0. The Labute approximate surface area is 162 Å². The fraction of sp³-hybridized carbons (Fsp3) is 0.955. The van der Waals surface area contributed by atoms with Gasteiger partial charge in [-0.1, -0.05) is 71.1 Å². The van der Waals surface area contributed by atoms with Crippen LogP contribution in [0.4, 0.5) is 0 Å². The van der Waals surface area contributed by atoms with Gasteiger partial charge in [0.1, 0.15) is 0 Å². The number of rotatable bonds is 5. The van der Waals surface area contributed by atoms with Crippen molar-refractivity contribution in [2.75, 3.05) is 0 Å². The Morgan fingerprint density at radius 2 is 0.870 bits per heavy atom. The summed E-state index contributed by atoms with van der Waals surface area (Å²) in [6.07, 6.45) is 25.5. The SMILES string of the molecule is [CH2]CCC(C1CCCCC1)(C1CCCCC1)C1CCCCC1.[Sn]. The zero-order valence-electron chi connectivity index (χ0n) is 15.5. The first-order chi connectivity index (χ1) is 10.9. The van der Waals surface area contributed by atoms with Crippen LogP contribution in [0.15, 0.2) is 0 Å². The summed E-state index contributed by atoms with van der Waals surface area (Å²) in [6, 6.07) is 0. The molecule has 3 rings (SSSR count). The Kier molecular flexibility index (Phi) is 8.81. The molecule has 0 N–H and O–H groups in total. The maximum absolute atomic E-state index is 4.36. The second kappa shape index (κ2) is 10.1. The largest absolute Gasteiger partial charge is 0.0533 e. The minimum atomic E-state index is 0. The molecule has 3 aliphatic rings. The molecule has 0 aromatic rings. The van der Waals surface area contributed by atoms with E-state index in [0.717, 1.165) is 17.8 Å². The van der Waals surface area contributed by atoms with Crippen molar-refractivity contribution >= 4 is 23.9 Å². The van der Waals surface area contributed by atoms with Crippen molar-refractivity contribution in [3.63, 3.8) is 0 Å². The summed E-state index contributed by atoms with van der Waals surface area (Å²) in [5.74, 6) is 3.15. The van der Waals surface area contributed by atoms with Crippen molar-refractivity contribution in [2.24, 2.45) is 23.2 Å². The number of hydrogen-bond donors (Lipinski definition) is 0. The summed E-state index contributed by atoms with van der Waals surface area (Å²) in [5, 5.41) is 0. The van der Waals surface area contributed by atoms with Crippen molar-refractivity contribution in [3.05, 3.63) is 6.92 Å². The van der Waals surface area contributed by atoms with E-state index < -0.39 is 0 Å². The van der Waals surface area contributed by atoms with E-state index in [1.165, 1.54) is 70.6 Å². The van der Waals surface area contributed by atoms with Crippen LogP contribution < -0.4 is 0 Å². The summed E-state index contributed by atoms with van der Waals surface area (Å²) in [5.41, 5.74) is 0.697. The van der Waals surface area contributed by atoms with Crippen LogP contribution in [-0.4, -0.2) is 23.9 Å². The molecule has 0 nitrogen and oxygen atoms in total. The Morgan fingerprint density at radius 1 is 0.565 bits per heavy atom. The van der Waals surface area contributed by atoms with Crippen molar-refractivity contribution in [2.45, 2.75) is 109 Å². The quantitative estimate of drug-likeness (QED) is 0.421. The molecule has 0 heterocycles. The third-order valence-corrected chi connectivity index (χ3v) is 7.71. The molecule has 1 heteroatoms. The van der Waals surface area contributed by atoms with Gasteiger partial charge in [-0.3, -0.25) is 0 Å². The van der Waals surface area contributed by atoms with Gasteiger partial charge in [0.15, 0.2) is 0 Å². The van der Waals surface area contributed by atoms with Gasteiger partial charge in [-0.2, -0.15) is 0 Å². The first-order valence-electron chi connectivity index (χ1n) is 10.7. The van der Waals surface area contributed by atoms with Crippen molar-refractivity contribution < 1.29 is 0 Å². The van der Waals surface area contributed by atoms with Crippen LogP contribution in [0.1, 0.15) is 109 Å². The van der Waals surface area contributed by atoms with Crippen LogP contribution in [0.25, 0.3) is 0 Å². The topological polar surface area (TPSA) is 0 Å². The molecular formula is C22H39Sn. The molecule has 0 amide bonds. The molecule has 0 spiro atoms. The van der Waals surface area contributed by atoms with Gasteiger partial charge in [-0.05, 0) is 68.1 Å². The predicted molar refractivity (Wildman–Crippen MR) is 103 cm³/mol. The van der Waals surface area contributed by atoms with Crippen LogP contribution in [0.3, 0.4) is 0 Å². The molecule has 0 aliphatic heterocycles. The summed E-state index contributed by atoms with van der Waals surface area (Å²) >= 11 is 0. The summed E-state index contributed by atoms with van der Waals surface area (Å²) in [7, 11) is 0. The van der Waals surface area contributed by atoms with Gasteiger partial charge in [0.25, 0.3) is 0 Å². The van der Waals surface area contributed by atoms with Gasteiger partial charge in [0, 0.05) is 23.9 Å². The van der Waals surface area contributed by atoms with Crippen LogP contribution in [0.5, 0.6) is 0 Å². The van der Waals surface area contributed by atoms with Crippen LogP contribution in [-0.2, 0) is 0 Å². The Bertz CT molecular complexity index is 260. The molecule has 5 radical (unpaired) electrons. The molecule has 0 saturated heterocycles. The maximum atomic E-state index is 4.36. The van der Waals surface area contributed by atoms with Gasteiger partial charge in [0.05, 0.1) is 0 Å². The van der Waals surface area contributed by atoms with Gasteiger partial charge in [-0.15, -0.1) is 0 Å². The minimum Gasteiger partial charge on any atom is -0.0533 e. The van der Waals surface area contributed by atoms with E-state index in [1.807, 2.05) is 0 Å². The Balaban J connectivity index is 0.00000192. The van der Waals surface area contributed by atoms with Crippen LogP contribution >= 0.6 is 0 Å². The van der Waals surface area contributed by atoms with Gasteiger partial charge < -0.3 is 0 Å². The third kappa shape index (κ3) is 4.50. The standard InChI is InChI=1S/C22H39.Sn/c1-2-18-22(19-12-6-3-7-13-19,20-14-8-4-9-15-20)21-16-10-5-11-17-21;/h19-21H,1-18H2;. The maximum Gasteiger partial charge on any atom is 0 e. The van der Waals surface area contributed by atoms with Gasteiger partial charge in [0.2, 0.25) is 0 Å². The van der Waals surface area contributed by atoms with E-state index in [0.29, 0.717) is 5.41 Å². The molecule has 0 aromatic heterocycles. The van der Waals surface area contributed by atoms with Crippen molar-refractivity contribution in [1.82, 2.24) is 0 Å². The fourth-order valence-corrected chi connectivity index (χ4v) is 6.84. The molecule has 0 atom stereocenters. The van der Waals surface area contributed by atoms with Crippen LogP contribution in [0.2, 0.25) is 0 Å². The average Bonchev–Trinajstić information content (AvgIpc) is 2.62. The molecule has 131 valence electrons. The first-order valence-corrected chi connectivity index (χ1v) is 10.7. The van der Waals surface area contributed by atoms with E-state index in [9.17, 15) is 0 Å². The molecule has 23 heavy (non-hydrogen) atoms. The molecule has 0 aromatic carbocycles. The van der Waals surface area contributed by atoms with E-state index in [2.05, 4.69) is 6.92 Å². The summed E-state index contributed by atoms with van der Waals surface area (Å²) in [4.78, 5) is 0. The van der Waals surface area contributed by atoms with Gasteiger partial charge >= 0.3 is 0 Å². The number of hydrogen-bond acceptors (Lipinski definition) is 0. The molecular weight excluding hydrogens is 383 g/mol. The predicted octanol–water partition coefficient (Wildman–Crippen LogP) is 6.95. The van der Waals surface area contributed by atoms with E-state index in [1.54, 1.807) is 38.5 Å². The normalized spacial score (nSPS) is 26.0. The average molecular weight is 422 g/mol. The molecule has 0 bridgehead atoms. The fourth-order valence-electron chi connectivity index (χ4n) is 6.84. The van der Waals surface area contributed by atoms with E-state index in [4.69, 9.17) is 0 Å². The van der Waals surface area contributed by atoms with Gasteiger partial charge in [-0.25, -0.2) is 0 Å². The summed E-state index contributed by atoms with van der Waals surface area (Å²) in [6.45, 7) is 4.36. The zero-order chi connectivity index (χ0) is 15.3. The zero-order valence-corrected chi connectivity index (χ0v) is 18.3. The smallest absolute Gasteiger partial charge is 0 e. The Morgan fingerprint density at radius 3 is 1.13 bits per heavy atom. The van der Waals surface area contributed by atoms with E-state index in [-0.39, 0.29) is 23.9 Å².